The minimum absolute atomic E-state index is 0.0691. The van der Waals surface area contributed by atoms with Gasteiger partial charge >= 0.3 is 0 Å². The highest BCUT2D eigenvalue weighted by Crippen LogP contribution is 2.29. The summed E-state index contributed by atoms with van der Waals surface area (Å²) in [5.74, 6) is 0.0691. The maximum Gasteiger partial charge on any atom is 0.264 e. The second-order valence-electron chi connectivity index (χ2n) is 6.49. The van der Waals surface area contributed by atoms with Gasteiger partial charge in [0.25, 0.3) is 5.91 Å². The van der Waals surface area contributed by atoms with Gasteiger partial charge in [0.15, 0.2) is 0 Å². The van der Waals surface area contributed by atoms with Crippen LogP contribution in [0.4, 0.5) is 0 Å². The lowest BCUT2D eigenvalue weighted by Gasteiger charge is -2.20. The Balaban J connectivity index is 1.68. The molecule has 0 aliphatic rings. The molecule has 0 saturated heterocycles. The summed E-state index contributed by atoms with van der Waals surface area (Å²) in [6.07, 6.45) is 0. The van der Waals surface area contributed by atoms with Crippen LogP contribution in [0, 0.1) is 6.92 Å². The molecular formula is C22H20N2OS. The molecule has 4 rings (SSSR count). The summed E-state index contributed by atoms with van der Waals surface area (Å²) in [5.41, 5.74) is 3.32. The van der Waals surface area contributed by atoms with Crippen molar-refractivity contribution >= 4 is 38.4 Å². The van der Waals surface area contributed by atoms with Crippen LogP contribution < -0.4 is 0 Å². The fraction of sp³-hybridized carbons (Fsp3) is 0.182. The van der Waals surface area contributed by atoms with E-state index in [-0.39, 0.29) is 5.91 Å². The molecule has 0 aliphatic carbocycles. The van der Waals surface area contributed by atoms with Crippen LogP contribution in [0.25, 0.3) is 21.1 Å². The Hall–Kier alpha value is -2.72. The monoisotopic (exact) mass is 360 g/mol. The molecule has 26 heavy (non-hydrogen) atoms. The number of aromatic nitrogens is 1. The van der Waals surface area contributed by atoms with Crippen LogP contribution in [-0.4, -0.2) is 22.3 Å². The normalized spacial score (nSPS) is 11.2. The van der Waals surface area contributed by atoms with E-state index in [0.717, 1.165) is 31.6 Å². The van der Waals surface area contributed by atoms with Crippen molar-refractivity contribution in [2.45, 2.75) is 20.4 Å². The van der Waals surface area contributed by atoms with E-state index in [2.05, 4.69) is 43.3 Å². The van der Waals surface area contributed by atoms with Crippen molar-refractivity contribution in [3.05, 3.63) is 76.7 Å². The molecule has 4 aromatic rings. The number of benzene rings is 2. The maximum absolute atomic E-state index is 13.0. The molecular weight excluding hydrogens is 340 g/mol. The largest absolute Gasteiger partial charge is 0.334 e. The Morgan fingerprint density at radius 3 is 2.62 bits per heavy atom. The second-order valence-corrected chi connectivity index (χ2v) is 7.53. The lowest BCUT2D eigenvalue weighted by Crippen LogP contribution is -2.29. The smallest absolute Gasteiger partial charge is 0.264 e. The van der Waals surface area contributed by atoms with Gasteiger partial charge in [0.05, 0.1) is 10.4 Å². The number of carbonyl (C=O) groups is 1. The standard InChI is InChI=1S/C22H20N2OS/c1-3-24(14-16-7-5-4-6-8-16)22(25)20-13-18-12-17-10-9-15(2)11-19(17)23-21(18)26-20/h4-13H,3,14H2,1-2H3. The molecule has 130 valence electrons. The van der Waals surface area contributed by atoms with E-state index in [1.165, 1.54) is 16.9 Å². The fourth-order valence-corrected chi connectivity index (χ4v) is 4.12. The molecule has 0 fully saturated rings. The molecule has 0 radical (unpaired) electrons. The lowest BCUT2D eigenvalue weighted by molar-refractivity contribution is 0.0757. The zero-order valence-corrected chi connectivity index (χ0v) is 15.7. The highest BCUT2D eigenvalue weighted by molar-refractivity contribution is 7.20. The molecule has 2 aromatic carbocycles. The molecule has 1 amide bonds. The number of rotatable bonds is 4. The van der Waals surface area contributed by atoms with Gasteiger partial charge in [-0.1, -0.05) is 42.5 Å². The van der Waals surface area contributed by atoms with Crippen LogP contribution >= 0.6 is 11.3 Å². The van der Waals surface area contributed by atoms with Gasteiger partial charge in [0.1, 0.15) is 4.83 Å². The topological polar surface area (TPSA) is 33.2 Å². The molecule has 3 nitrogen and oxygen atoms in total. The first kappa shape index (κ1) is 16.7. The summed E-state index contributed by atoms with van der Waals surface area (Å²) in [6.45, 7) is 5.39. The first-order valence-electron chi connectivity index (χ1n) is 8.78. The Labute approximate surface area is 156 Å². The quantitative estimate of drug-likeness (QED) is 0.487. The summed E-state index contributed by atoms with van der Waals surface area (Å²) in [4.78, 5) is 21.3. The lowest BCUT2D eigenvalue weighted by atomic mass is 10.1. The summed E-state index contributed by atoms with van der Waals surface area (Å²) >= 11 is 1.48. The van der Waals surface area contributed by atoms with Gasteiger partial charge < -0.3 is 4.90 Å². The molecule has 0 spiro atoms. The minimum atomic E-state index is 0.0691. The van der Waals surface area contributed by atoms with Crippen molar-refractivity contribution in [1.29, 1.82) is 0 Å². The van der Waals surface area contributed by atoms with Gasteiger partial charge in [0.2, 0.25) is 0 Å². The number of fused-ring (bicyclic) bond motifs is 2. The Bertz CT molecular complexity index is 1090. The van der Waals surface area contributed by atoms with Gasteiger partial charge in [-0.3, -0.25) is 4.79 Å². The Morgan fingerprint density at radius 1 is 1.04 bits per heavy atom. The summed E-state index contributed by atoms with van der Waals surface area (Å²) in [5, 5.41) is 2.14. The van der Waals surface area contributed by atoms with E-state index in [0.29, 0.717) is 13.1 Å². The molecule has 0 aliphatic heterocycles. The number of nitrogens with zero attached hydrogens (tertiary/aromatic N) is 2. The van der Waals surface area contributed by atoms with Crippen molar-refractivity contribution in [3.63, 3.8) is 0 Å². The zero-order chi connectivity index (χ0) is 18.1. The van der Waals surface area contributed by atoms with Gasteiger partial charge in [-0.15, -0.1) is 11.3 Å². The summed E-state index contributed by atoms with van der Waals surface area (Å²) in [7, 11) is 0. The first-order valence-corrected chi connectivity index (χ1v) is 9.60. The number of pyridine rings is 1. The van der Waals surface area contributed by atoms with E-state index in [1.807, 2.05) is 36.1 Å². The summed E-state index contributed by atoms with van der Waals surface area (Å²) < 4.78 is 0. The van der Waals surface area contributed by atoms with Crippen LogP contribution in [0.15, 0.2) is 60.7 Å². The summed E-state index contributed by atoms with van der Waals surface area (Å²) in [6, 6.07) is 20.5. The van der Waals surface area contributed by atoms with Gasteiger partial charge in [0, 0.05) is 23.9 Å². The van der Waals surface area contributed by atoms with Gasteiger partial charge in [-0.05, 0) is 43.2 Å². The van der Waals surface area contributed by atoms with Gasteiger partial charge in [-0.25, -0.2) is 4.98 Å². The van der Waals surface area contributed by atoms with Gasteiger partial charge in [-0.2, -0.15) is 0 Å². The van der Waals surface area contributed by atoms with E-state index in [1.54, 1.807) is 0 Å². The van der Waals surface area contributed by atoms with E-state index in [9.17, 15) is 4.79 Å². The third-order valence-electron chi connectivity index (χ3n) is 4.56. The molecule has 0 saturated carbocycles. The number of amides is 1. The third-order valence-corrected chi connectivity index (χ3v) is 5.59. The van der Waals surface area contributed by atoms with Crippen LogP contribution in [0.3, 0.4) is 0 Å². The SMILES string of the molecule is CCN(Cc1ccccc1)C(=O)c1cc2cc3ccc(C)cc3nc2s1. The van der Waals surface area contributed by atoms with Crippen molar-refractivity contribution in [2.24, 2.45) is 0 Å². The average Bonchev–Trinajstić information content (AvgIpc) is 3.07. The molecule has 0 atom stereocenters. The predicted molar refractivity (Wildman–Crippen MR) is 109 cm³/mol. The fourth-order valence-electron chi connectivity index (χ4n) is 3.13. The predicted octanol–water partition coefficient (Wildman–Crippen LogP) is 5.42. The van der Waals surface area contributed by atoms with Crippen molar-refractivity contribution in [2.75, 3.05) is 6.54 Å². The van der Waals surface area contributed by atoms with E-state index >= 15 is 0 Å². The van der Waals surface area contributed by atoms with Crippen molar-refractivity contribution in [1.82, 2.24) is 9.88 Å². The zero-order valence-electron chi connectivity index (χ0n) is 14.9. The number of hydrogen-bond donors (Lipinski definition) is 0. The van der Waals surface area contributed by atoms with E-state index in [4.69, 9.17) is 4.98 Å². The maximum atomic E-state index is 13.0. The third kappa shape index (κ3) is 3.20. The Morgan fingerprint density at radius 2 is 1.85 bits per heavy atom. The van der Waals surface area contributed by atoms with Crippen molar-refractivity contribution in [3.8, 4) is 0 Å². The first-order chi connectivity index (χ1) is 12.6. The second kappa shape index (κ2) is 6.89. The number of carbonyl (C=O) groups excluding carboxylic acids is 1. The molecule has 2 aromatic heterocycles. The Kier molecular flexibility index (Phi) is 4.43. The highest BCUT2D eigenvalue weighted by Gasteiger charge is 2.18. The average molecular weight is 360 g/mol. The molecule has 0 N–H and O–H groups in total. The highest BCUT2D eigenvalue weighted by atomic mass is 32.1. The number of thiophene rings is 1. The number of aryl methyl sites for hydroxylation is 1. The molecule has 4 heteroatoms. The minimum Gasteiger partial charge on any atom is -0.334 e. The molecule has 0 bridgehead atoms. The number of hydrogen-bond acceptors (Lipinski definition) is 3. The van der Waals surface area contributed by atoms with Crippen LogP contribution in [0.5, 0.6) is 0 Å². The van der Waals surface area contributed by atoms with Crippen LogP contribution in [-0.2, 0) is 6.54 Å². The van der Waals surface area contributed by atoms with E-state index < -0.39 is 0 Å². The molecule has 2 heterocycles. The van der Waals surface area contributed by atoms with Crippen LogP contribution in [0.2, 0.25) is 0 Å². The van der Waals surface area contributed by atoms with Crippen molar-refractivity contribution < 1.29 is 4.79 Å². The van der Waals surface area contributed by atoms with Crippen LogP contribution in [0.1, 0.15) is 27.7 Å². The molecule has 0 unspecified atom stereocenters.